The van der Waals surface area contributed by atoms with E-state index in [1.54, 1.807) is 18.4 Å². The number of benzene rings is 1. The molecule has 1 aliphatic carbocycles. The van der Waals surface area contributed by atoms with E-state index < -0.39 is 0 Å². The molecule has 1 aromatic carbocycles. The summed E-state index contributed by atoms with van der Waals surface area (Å²) in [6, 6.07) is 6.07. The number of nitrogens with one attached hydrogen (secondary N) is 2. The Balaban J connectivity index is 1.88. The van der Waals surface area contributed by atoms with Crippen LogP contribution < -0.4 is 15.4 Å². The number of anilines is 2. The fraction of sp³-hybridized carbons (Fsp3) is 0.500. The van der Waals surface area contributed by atoms with Crippen LogP contribution in [0.4, 0.5) is 10.7 Å². The van der Waals surface area contributed by atoms with E-state index in [9.17, 15) is 4.79 Å². The van der Waals surface area contributed by atoms with Gasteiger partial charge in [-0.1, -0.05) is 33.3 Å². The molecule has 168 valence electrons. The van der Waals surface area contributed by atoms with Crippen molar-refractivity contribution in [1.29, 1.82) is 0 Å². The lowest BCUT2D eigenvalue weighted by atomic mass is 9.87. The average Bonchev–Trinajstić information content (AvgIpc) is 2.87. The number of hydrogen-bond acceptors (Lipinski definition) is 5. The maximum Gasteiger partial charge on any atom is 0.341 e. The highest BCUT2D eigenvalue weighted by molar-refractivity contribution is 7.80. The third kappa shape index (κ3) is 5.57. The Kier molecular flexibility index (Phi) is 7.59. The molecular weight excluding hydrogens is 428 g/mol. The lowest BCUT2D eigenvalue weighted by molar-refractivity contribution is 0.0527. The van der Waals surface area contributed by atoms with E-state index in [-0.39, 0.29) is 11.4 Å². The van der Waals surface area contributed by atoms with Gasteiger partial charge < -0.3 is 20.1 Å². The molecule has 0 saturated carbocycles. The lowest BCUT2D eigenvalue weighted by Crippen LogP contribution is -2.21. The Bertz CT molecular complexity index is 960. The largest absolute Gasteiger partial charge is 0.495 e. The highest BCUT2D eigenvalue weighted by Gasteiger charge is 2.26. The third-order valence-corrected chi connectivity index (χ3v) is 6.85. The summed E-state index contributed by atoms with van der Waals surface area (Å²) < 4.78 is 10.9. The second-order valence-corrected chi connectivity index (χ2v) is 10.2. The summed E-state index contributed by atoms with van der Waals surface area (Å²) in [7, 11) is 1.64. The maximum atomic E-state index is 12.8. The number of thiophene rings is 1. The molecule has 0 amide bonds. The van der Waals surface area contributed by atoms with Crippen LogP contribution in [0.3, 0.4) is 0 Å². The average molecular weight is 461 g/mol. The van der Waals surface area contributed by atoms with E-state index in [0.717, 1.165) is 41.9 Å². The van der Waals surface area contributed by atoms with Crippen LogP contribution in [0.1, 0.15) is 73.3 Å². The summed E-state index contributed by atoms with van der Waals surface area (Å²) in [5.74, 6) is 0.434. The van der Waals surface area contributed by atoms with Crippen molar-refractivity contribution in [3.8, 4) is 5.75 Å². The maximum absolute atomic E-state index is 12.8. The van der Waals surface area contributed by atoms with Gasteiger partial charge in [0.1, 0.15) is 10.8 Å². The molecule has 1 heterocycles. The Morgan fingerprint density at radius 2 is 1.90 bits per heavy atom. The minimum absolute atomic E-state index is 0.000144. The monoisotopic (exact) mass is 460 g/mol. The van der Waals surface area contributed by atoms with E-state index in [1.165, 1.54) is 16.9 Å². The molecule has 0 aliphatic heterocycles. The first kappa shape index (κ1) is 23.5. The summed E-state index contributed by atoms with van der Waals surface area (Å²) in [5.41, 5.74) is 3.74. The van der Waals surface area contributed by atoms with Crippen molar-refractivity contribution in [3.63, 3.8) is 0 Å². The molecule has 5 nitrogen and oxygen atoms in total. The van der Waals surface area contributed by atoms with E-state index >= 15 is 0 Å². The SMILES string of the molecule is CCOC(=O)c1c(NC(=S)Nc2cc(C(C)(C)C)ccc2OC)sc2c1CCCCC2. The van der Waals surface area contributed by atoms with Crippen LogP contribution in [0.25, 0.3) is 0 Å². The molecule has 1 aromatic heterocycles. The molecule has 0 unspecified atom stereocenters. The van der Waals surface area contributed by atoms with Crippen LogP contribution >= 0.6 is 23.6 Å². The lowest BCUT2D eigenvalue weighted by Gasteiger charge is -2.22. The molecule has 0 atom stereocenters. The summed E-state index contributed by atoms with van der Waals surface area (Å²) in [5, 5.41) is 7.71. The number of methoxy groups -OCH3 is 1. The predicted octanol–water partition coefficient (Wildman–Crippen LogP) is 6.31. The van der Waals surface area contributed by atoms with Crippen LogP contribution in [0.15, 0.2) is 18.2 Å². The first-order valence-electron chi connectivity index (χ1n) is 10.8. The first-order chi connectivity index (χ1) is 14.7. The van der Waals surface area contributed by atoms with Crippen LogP contribution in [0, 0.1) is 0 Å². The van der Waals surface area contributed by atoms with Gasteiger partial charge in [0, 0.05) is 4.88 Å². The smallest absolute Gasteiger partial charge is 0.341 e. The molecule has 0 fully saturated rings. The Labute approximate surface area is 194 Å². The second-order valence-electron chi connectivity index (χ2n) is 8.73. The zero-order chi connectivity index (χ0) is 22.6. The van der Waals surface area contributed by atoms with Gasteiger partial charge in [0.25, 0.3) is 0 Å². The van der Waals surface area contributed by atoms with Gasteiger partial charge in [-0.25, -0.2) is 4.79 Å². The van der Waals surface area contributed by atoms with Crippen molar-refractivity contribution in [2.75, 3.05) is 24.4 Å². The summed E-state index contributed by atoms with van der Waals surface area (Å²) in [6.07, 6.45) is 5.33. The molecule has 7 heteroatoms. The normalized spacial score (nSPS) is 13.7. The first-order valence-corrected chi connectivity index (χ1v) is 12.0. The Hall–Kier alpha value is -2.12. The standard InChI is InChI=1S/C24H32N2O3S2/c1-6-29-22(27)20-16-10-8-7-9-11-19(16)31-21(20)26-23(30)25-17-14-15(24(2,3)4)12-13-18(17)28-5/h12-14H,6-11H2,1-5H3,(H2,25,26,30). The van der Waals surface area contributed by atoms with Crippen LogP contribution in [-0.4, -0.2) is 24.8 Å². The van der Waals surface area contributed by atoms with Gasteiger partial charge in [-0.2, -0.15) is 0 Å². The minimum Gasteiger partial charge on any atom is -0.495 e. The van der Waals surface area contributed by atoms with E-state index in [2.05, 4.69) is 43.5 Å². The van der Waals surface area contributed by atoms with Gasteiger partial charge in [-0.15, -0.1) is 11.3 Å². The van der Waals surface area contributed by atoms with E-state index in [4.69, 9.17) is 21.7 Å². The number of aryl methyl sites for hydroxylation is 1. The highest BCUT2D eigenvalue weighted by Crippen LogP contribution is 2.38. The van der Waals surface area contributed by atoms with Crippen molar-refractivity contribution in [2.45, 2.75) is 65.2 Å². The van der Waals surface area contributed by atoms with Gasteiger partial charge in [0.2, 0.25) is 0 Å². The van der Waals surface area contributed by atoms with Crippen LogP contribution in [-0.2, 0) is 23.0 Å². The third-order valence-electron chi connectivity index (χ3n) is 5.44. The molecular formula is C24H32N2O3S2. The van der Waals surface area contributed by atoms with Crippen molar-refractivity contribution < 1.29 is 14.3 Å². The number of rotatable bonds is 5. The molecule has 2 N–H and O–H groups in total. The molecule has 0 spiro atoms. The molecule has 0 bridgehead atoms. The zero-order valence-electron chi connectivity index (χ0n) is 19.0. The number of hydrogen-bond donors (Lipinski definition) is 2. The van der Waals surface area contributed by atoms with Crippen LogP contribution in [0.2, 0.25) is 0 Å². The topological polar surface area (TPSA) is 59.6 Å². The molecule has 1 aliphatic rings. The predicted molar refractivity (Wildman–Crippen MR) is 133 cm³/mol. The van der Waals surface area contributed by atoms with Crippen molar-refractivity contribution >= 4 is 45.3 Å². The number of carbonyl (C=O) groups is 1. The number of fused-ring (bicyclic) bond motifs is 1. The van der Waals surface area contributed by atoms with Gasteiger partial charge >= 0.3 is 5.97 Å². The van der Waals surface area contributed by atoms with Gasteiger partial charge in [0.05, 0.1) is 25.0 Å². The van der Waals surface area contributed by atoms with Crippen LogP contribution in [0.5, 0.6) is 5.75 Å². The zero-order valence-corrected chi connectivity index (χ0v) is 20.6. The number of ether oxygens (including phenoxy) is 2. The van der Waals surface area contributed by atoms with Gasteiger partial charge in [-0.05, 0) is 73.5 Å². The molecule has 2 aromatic rings. The molecule has 0 radical (unpaired) electrons. The van der Waals surface area contributed by atoms with E-state index in [0.29, 0.717) is 23.0 Å². The van der Waals surface area contributed by atoms with E-state index in [1.807, 2.05) is 13.0 Å². The van der Waals surface area contributed by atoms with Crippen molar-refractivity contribution in [3.05, 3.63) is 39.8 Å². The second kappa shape index (κ2) is 10.0. The van der Waals surface area contributed by atoms with Crippen molar-refractivity contribution in [1.82, 2.24) is 0 Å². The summed E-state index contributed by atoms with van der Waals surface area (Å²) >= 11 is 7.23. The number of carbonyl (C=O) groups excluding carboxylic acids is 1. The van der Waals surface area contributed by atoms with Gasteiger partial charge in [0.15, 0.2) is 5.11 Å². The quantitative estimate of drug-likeness (QED) is 0.310. The Morgan fingerprint density at radius 3 is 2.58 bits per heavy atom. The summed E-state index contributed by atoms with van der Waals surface area (Å²) in [6.45, 7) is 8.68. The minimum atomic E-state index is -0.278. The summed E-state index contributed by atoms with van der Waals surface area (Å²) in [4.78, 5) is 14.0. The molecule has 3 rings (SSSR count). The highest BCUT2D eigenvalue weighted by atomic mass is 32.1. The number of thiocarbonyl (C=S) groups is 1. The van der Waals surface area contributed by atoms with Gasteiger partial charge in [-0.3, -0.25) is 0 Å². The van der Waals surface area contributed by atoms with Crippen molar-refractivity contribution in [2.24, 2.45) is 0 Å². The Morgan fingerprint density at radius 1 is 1.16 bits per heavy atom. The molecule has 31 heavy (non-hydrogen) atoms. The molecule has 0 saturated heterocycles. The fourth-order valence-corrected chi connectivity index (χ4v) is 5.34. The fourth-order valence-electron chi connectivity index (χ4n) is 3.78. The number of esters is 1.